The Morgan fingerprint density at radius 2 is 1.54 bits per heavy atom. The standard InChI is InChI=1S/C25H33N3O7S2/c1-18(2)23-8-7-22(17-24(23)37(33,34)26-19-9-15-35-16-10-19)36(31,32)21-5-3-20(4-6-21)27-11-13-28(14-12-27)25(29)30/h3-8,17-19,26H,9-16H2,1-2H3,(H,29,30). The van der Waals surface area contributed by atoms with E-state index in [4.69, 9.17) is 9.84 Å². The first-order valence-corrected chi connectivity index (χ1v) is 15.3. The van der Waals surface area contributed by atoms with Gasteiger partial charge in [-0.2, -0.15) is 0 Å². The Hall–Kier alpha value is -2.67. The number of nitrogens with zero attached hydrogens (tertiary/aromatic N) is 2. The van der Waals surface area contributed by atoms with Gasteiger partial charge in [-0.25, -0.2) is 26.4 Å². The number of benzene rings is 2. The molecule has 202 valence electrons. The van der Waals surface area contributed by atoms with Crippen LogP contribution in [0, 0.1) is 0 Å². The molecule has 10 nitrogen and oxygen atoms in total. The molecule has 2 aromatic carbocycles. The van der Waals surface area contributed by atoms with Gasteiger partial charge in [0.25, 0.3) is 0 Å². The summed E-state index contributed by atoms with van der Waals surface area (Å²) in [6.07, 6.45) is 0.173. The molecule has 0 aliphatic carbocycles. The van der Waals surface area contributed by atoms with Crippen molar-refractivity contribution in [3.8, 4) is 0 Å². The van der Waals surface area contributed by atoms with Crippen molar-refractivity contribution in [3.63, 3.8) is 0 Å². The van der Waals surface area contributed by atoms with Crippen molar-refractivity contribution in [1.82, 2.24) is 9.62 Å². The summed E-state index contributed by atoms with van der Waals surface area (Å²) in [5, 5.41) is 9.12. The summed E-state index contributed by atoms with van der Waals surface area (Å²) in [4.78, 5) is 14.4. The quantitative estimate of drug-likeness (QED) is 0.537. The van der Waals surface area contributed by atoms with Crippen molar-refractivity contribution in [2.24, 2.45) is 0 Å². The minimum atomic E-state index is -3.98. The zero-order chi connectivity index (χ0) is 26.8. The highest BCUT2D eigenvalue weighted by molar-refractivity contribution is 7.91. The number of hydrogen-bond donors (Lipinski definition) is 2. The van der Waals surface area contributed by atoms with Crippen LogP contribution in [0.3, 0.4) is 0 Å². The maximum Gasteiger partial charge on any atom is 0.407 e. The number of hydrogen-bond acceptors (Lipinski definition) is 7. The fourth-order valence-corrected chi connectivity index (χ4v) is 7.68. The molecule has 2 fully saturated rings. The Morgan fingerprint density at radius 3 is 2.11 bits per heavy atom. The number of ether oxygens (including phenoxy) is 1. The summed E-state index contributed by atoms with van der Waals surface area (Å²) < 4.78 is 61.7. The zero-order valence-corrected chi connectivity index (χ0v) is 22.6. The summed E-state index contributed by atoms with van der Waals surface area (Å²) in [7, 11) is -7.94. The maximum absolute atomic E-state index is 13.5. The van der Waals surface area contributed by atoms with E-state index in [0.717, 1.165) is 5.69 Å². The van der Waals surface area contributed by atoms with Crippen molar-refractivity contribution >= 4 is 31.6 Å². The molecular formula is C25H33N3O7S2. The van der Waals surface area contributed by atoms with Crippen LogP contribution in [0.25, 0.3) is 0 Å². The highest BCUT2D eigenvalue weighted by Crippen LogP contribution is 2.31. The van der Waals surface area contributed by atoms with Crippen LogP contribution in [-0.2, 0) is 24.6 Å². The van der Waals surface area contributed by atoms with Gasteiger partial charge in [-0.3, -0.25) is 0 Å². The highest BCUT2D eigenvalue weighted by Gasteiger charge is 2.28. The highest BCUT2D eigenvalue weighted by atomic mass is 32.2. The molecule has 0 spiro atoms. The van der Waals surface area contributed by atoms with Gasteiger partial charge in [0.05, 0.1) is 14.7 Å². The molecule has 37 heavy (non-hydrogen) atoms. The third-order valence-electron chi connectivity index (χ3n) is 6.81. The summed E-state index contributed by atoms with van der Waals surface area (Å²) in [6, 6.07) is 10.4. The van der Waals surface area contributed by atoms with Crippen LogP contribution in [0.5, 0.6) is 0 Å². The number of piperazine rings is 1. The first-order chi connectivity index (χ1) is 17.5. The molecule has 4 rings (SSSR count). The molecule has 2 aliphatic rings. The van der Waals surface area contributed by atoms with Crippen LogP contribution in [0.1, 0.15) is 38.2 Å². The van der Waals surface area contributed by atoms with Gasteiger partial charge in [0, 0.05) is 51.1 Å². The van der Waals surface area contributed by atoms with Crippen molar-refractivity contribution in [1.29, 1.82) is 0 Å². The van der Waals surface area contributed by atoms with E-state index in [0.29, 0.717) is 57.8 Å². The van der Waals surface area contributed by atoms with Gasteiger partial charge in [0.2, 0.25) is 19.9 Å². The minimum Gasteiger partial charge on any atom is -0.465 e. The average molecular weight is 552 g/mol. The second kappa shape index (κ2) is 11.0. The summed E-state index contributed by atoms with van der Waals surface area (Å²) in [6.45, 7) is 6.45. The SMILES string of the molecule is CC(C)c1ccc(S(=O)(=O)c2ccc(N3CCN(C(=O)O)CC3)cc2)cc1S(=O)(=O)NC1CCOCC1. The molecule has 12 heteroatoms. The lowest BCUT2D eigenvalue weighted by Crippen LogP contribution is -2.48. The zero-order valence-electron chi connectivity index (χ0n) is 21.0. The number of carboxylic acid groups (broad SMARTS) is 1. The van der Waals surface area contributed by atoms with Crippen LogP contribution < -0.4 is 9.62 Å². The lowest BCUT2D eigenvalue weighted by atomic mass is 10.0. The number of amides is 1. The number of anilines is 1. The van der Waals surface area contributed by atoms with Gasteiger partial charge < -0.3 is 19.6 Å². The van der Waals surface area contributed by atoms with Crippen LogP contribution in [0.4, 0.5) is 10.5 Å². The third-order valence-corrected chi connectivity index (χ3v) is 10.2. The average Bonchev–Trinajstić information content (AvgIpc) is 2.88. The van der Waals surface area contributed by atoms with E-state index in [1.54, 1.807) is 18.2 Å². The first-order valence-electron chi connectivity index (χ1n) is 12.3. The predicted molar refractivity (Wildman–Crippen MR) is 138 cm³/mol. The number of nitrogens with one attached hydrogen (secondary N) is 1. The van der Waals surface area contributed by atoms with Crippen LogP contribution in [0.2, 0.25) is 0 Å². The summed E-state index contributed by atoms with van der Waals surface area (Å²) in [5.41, 5.74) is 1.34. The van der Waals surface area contributed by atoms with Gasteiger partial charge in [0.15, 0.2) is 0 Å². The second-order valence-corrected chi connectivity index (χ2v) is 13.2. The predicted octanol–water partition coefficient (Wildman–Crippen LogP) is 2.90. The third kappa shape index (κ3) is 6.08. The summed E-state index contributed by atoms with van der Waals surface area (Å²) in [5.74, 6) is -0.126. The number of sulfone groups is 1. The lowest BCUT2D eigenvalue weighted by Gasteiger charge is -2.34. The molecule has 2 aromatic rings. The summed E-state index contributed by atoms with van der Waals surface area (Å²) >= 11 is 0. The molecule has 2 heterocycles. The smallest absolute Gasteiger partial charge is 0.407 e. The molecule has 0 radical (unpaired) electrons. The topological polar surface area (TPSA) is 133 Å². The van der Waals surface area contributed by atoms with Gasteiger partial charge in [-0.05, 0) is 60.7 Å². The van der Waals surface area contributed by atoms with E-state index >= 15 is 0 Å². The van der Waals surface area contributed by atoms with Gasteiger partial charge in [0.1, 0.15) is 0 Å². The molecule has 0 aromatic heterocycles. The van der Waals surface area contributed by atoms with E-state index in [-0.39, 0.29) is 26.6 Å². The maximum atomic E-state index is 13.5. The van der Waals surface area contributed by atoms with Crippen molar-refractivity contribution < 1.29 is 31.5 Å². The number of rotatable bonds is 7. The van der Waals surface area contributed by atoms with Crippen LogP contribution in [-0.4, -0.2) is 78.4 Å². The monoisotopic (exact) mass is 551 g/mol. The first kappa shape index (κ1) is 27.4. The van der Waals surface area contributed by atoms with E-state index in [9.17, 15) is 21.6 Å². The molecule has 2 N–H and O–H groups in total. The number of sulfonamides is 1. The van der Waals surface area contributed by atoms with E-state index in [1.165, 1.54) is 29.2 Å². The fourth-order valence-electron chi connectivity index (χ4n) is 4.62. The van der Waals surface area contributed by atoms with Crippen molar-refractivity contribution in [3.05, 3.63) is 48.0 Å². The van der Waals surface area contributed by atoms with Gasteiger partial charge in [-0.1, -0.05) is 19.9 Å². The molecule has 2 saturated heterocycles. The second-order valence-electron chi connectivity index (χ2n) is 9.62. The van der Waals surface area contributed by atoms with E-state index in [1.807, 2.05) is 18.7 Å². The Bertz CT molecular complexity index is 1330. The molecule has 0 saturated carbocycles. The molecule has 2 aliphatic heterocycles. The van der Waals surface area contributed by atoms with Gasteiger partial charge in [-0.15, -0.1) is 0 Å². The van der Waals surface area contributed by atoms with E-state index < -0.39 is 26.0 Å². The Morgan fingerprint density at radius 1 is 0.946 bits per heavy atom. The molecule has 0 unspecified atom stereocenters. The minimum absolute atomic E-state index is 0.0250. The Labute approximate surface area is 218 Å². The molecular weight excluding hydrogens is 518 g/mol. The number of carbonyl (C=O) groups is 1. The largest absolute Gasteiger partial charge is 0.465 e. The van der Waals surface area contributed by atoms with Crippen molar-refractivity contribution in [2.75, 3.05) is 44.3 Å². The Balaban J connectivity index is 1.59. The lowest BCUT2D eigenvalue weighted by molar-refractivity contribution is 0.0832. The molecule has 0 atom stereocenters. The van der Waals surface area contributed by atoms with E-state index in [2.05, 4.69) is 4.72 Å². The van der Waals surface area contributed by atoms with Crippen LogP contribution in [0.15, 0.2) is 57.2 Å². The van der Waals surface area contributed by atoms with Crippen molar-refractivity contribution in [2.45, 2.75) is 53.3 Å². The molecule has 0 bridgehead atoms. The Kier molecular flexibility index (Phi) is 8.12. The van der Waals surface area contributed by atoms with Crippen LogP contribution >= 0.6 is 0 Å². The molecule has 1 amide bonds. The fraction of sp³-hybridized carbons (Fsp3) is 0.480. The van der Waals surface area contributed by atoms with Gasteiger partial charge >= 0.3 is 6.09 Å². The normalized spacial score (nSPS) is 17.8.